The Kier molecular flexibility index (Phi) is 6.22. The summed E-state index contributed by atoms with van der Waals surface area (Å²) in [5, 5.41) is 1.18. The summed E-state index contributed by atoms with van der Waals surface area (Å²) in [4.78, 5) is 7.62. The Morgan fingerprint density at radius 1 is 0.469 bits per heavy atom. The van der Waals surface area contributed by atoms with Gasteiger partial charge in [-0.3, -0.25) is 0 Å². The van der Waals surface area contributed by atoms with Crippen molar-refractivity contribution in [3.8, 4) is 11.3 Å². The zero-order valence-corrected chi connectivity index (χ0v) is 26.9. The van der Waals surface area contributed by atoms with Crippen LogP contribution in [-0.4, -0.2) is 11.7 Å². The van der Waals surface area contributed by atoms with E-state index in [2.05, 4.69) is 193 Å². The molecule has 0 radical (unpaired) electrons. The third kappa shape index (κ3) is 4.06. The van der Waals surface area contributed by atoms with E-state index in [4.69, 9.17) is 4.98 Å². The number of aromatic nitrogens is 1. The maximum atomic E-state index is 5.17. The number of fused-ring (bicyclic) bond motifs is 6. The predicted molar refractivity (Wildman–Crippen MR) is 205 cm³/mol. The molecule has 0 bridgehead atoms. The van der Waals surface area contributed by atoms with Gasteiger partial charge in [-0.05, 0) is 69.0 Å². The van der Waals surface area contributed by atoms with E-state index in [0.29, 0.717) is 0 Å². The van der Waals surface area contributed by atoms with Gasteiger partial charge >= 0.3 is 0 Å². The van der Waals surface area contributed by atoms with Gasteiger partial charge in [-0.1, -0.05) is 169 Å². The number of para-hydroxylation sites is 3. The molecule has 3 heteroatoms. The highest BCUT2D eigenvalue weighted by Gasteiger charge is 2.46. The number of anilines is 3. The maximum Gasteiger partial charge on any atom is 0.244 e. The normalized spacial score (nSPS) is 13.8. The molecule has 0 spiro atoms. The molecule has 3 heterocycles. The summed E-state index contributed by atoms with van der Waals surface area (Å²) in [5.74, 6) is 0. The van der Waals surface area contributed by atoms with Crippen molar-refractivity contribution in [2.45, 2.75) is 5.41 Å². The molecule has 7 aromatic carbocycles. The highest BCUT2D eigenvalue weighted by Crippen LogP contribution is 2.57. The summed E-state index contributed by atoms with van der Waals surface area (Å²) >= 11 is 0. The van der Waals surface area contributed by atoms with Crippen molar-refractivity contribution in [1.29, 1.82) is 0 Å². The van der Waals surface area contributed by atoms with Gasteiger partial charge in [0.2, 0.25) is 6.71 Å². The monoisotopic (exact) mass is 622 g/mol. The lowest BCUT2D eigenvalue weighted by atomic mass is 9.39. The highest BCUT2D eigenvalue weighted by atomic mass is 15.2. The SMILES string of the molecule is c1ccc(C2(c3ccccc3)c3ccccc3N(c3ccc(B4c5ccccc5-c5nc6ccccc6cc54)cc3)c3ccccc32)cc1. The Morgan fingerprint density at radius 2 is 1.02 bits per heavy atom. The van der Waals surface area contributed by atoms with Crippen molar-refractivity contribution < 1.29 is 0 Å². The molecule has 2 nitrogen and oxygen atoms in total. The van der Waals surface area contributed by atoms with E-state index in [9.17, 15) is 0 Å². The Morgan fingerprint density at radius 3 is 1.69 bits per heavy atom. The standard InChI is InChI=1S/C46H31BN2/c1-3-16-33(17-4-1)46(34-18-5-2-6-19-34)38-21-9-13-25-43(38)49(44-26-14-10-22-39(44)46)36-29-27-35(28-30-36)47-40-23-11-8-20-37(40)45-41(47)31-32-15-7-12-24-42(32)48-45/h1-31H. The second-order valence-corrected chi connectivity index (χ2v) is 13.1. The fourth-order valence-electron chi connectivity index (χ4n) is 8.56. The number of hydrogen-bond acceptors (Lipinski definition) is 2. The van der Waals surface area contributed by atoms with E-state index in [1.165, 1.54) is 61.0 Å². The molecule has 0 unspecified atom stereocenters. The van der Waals surface area contributed by atoms with Crippen molar-refractivity contribution in [1.82, 2.24) is 4.98 Å². The van der Waals surface area contributed by atoms with Crippen molar-refractivity contribution in [3.63, 3.8) is 0 Å². The van der Waals surface area contributed by atoms with Crippen LogP contribution < -0.4 is 21.3 Å². The molecule has 2 aliphatic heterocycles. The first-order chi connectivity index (χ1) is 24.3. The lowest BCUT2D eigenvalue weighted by Crippen LogP contribution is -2.48. The fraction of sp³-hybridized carbons (Fsp3) is 0.0217. The molecule has 10 rings (SSSR count). The quantitative estimate of drug-likeness (QED) is 0.182. The number of hydrogen-bond donors (Lipinski definition) is 0. The molecule has 2 aliphatic rings. The molecule has 0 saturated heterocycles. The van der Waals surface area contributed by atoms with Gasteiger partial charge in [0, 0.05) is 5.69 Å². The Labute approximate surface area is 287 Å². The van der Waals surface area contributed by atoms with E-state index in [-0.39, 0.29) is 6.71 Å². The summed E-state index contributed by atoms with van der Waals surface area (Å²) in [5.41, 5.74) is 15.3. The molecule has 0 N–H and O–H groups in total. The Bertz CT molecular complexity index is 2420. The topological polar surface area (TPSA) is 16.1 Å². The van der Waals surface area contributed by atoms with E-state index in [1.54, 1.807) is 0 Å². The van der Waals surface area contributed by atoms with Gasteiger partial charge < -0.3 is 4.90 Å². The van der Waals surface area contributed by atoms with Gasteiger partial charge in [0.05, 0.1) is 28.0 Å². The zero-order valence-electron chi connectivity index (χ0n) is 26.9. The molecule has 0 fully saturated rings. The third-order valence-corrected chi connectivity index (χ3v) is 10.6. The van der Waals surface area contributed by atoms with Crippen LogP contribution >= 0.6 is 0 Å². The summed E-state index contributed by atoms with van der Waals surface area (Å²) in [6, 6.07) is 68.7. The Balaban J connectivity index is 1.15. The molecule has 0 aliphatic carbocycles. The maximum absolute atomic E-state index is 5.17. The number of benzene rings is 7. The molecular weight excluding hydrogens is 591 g/mol. The smallest absolute Gasteiger partial charge is 0.244 e. The van der Waals surface area contributed by atoms with E-state index in [0.717, 1.165) is 16.9 Å². The first-order valence-electron chi connectivity index (χ1n) is 17.0. The zero-order chi connectivity index (χ0) is 32.4. The molecule has 1 aromatic heterocycles. The van der Waals surface area contributed by atoms with Gasteiger partial charge in [0.25, 0.3) is 0 Å². The molecule has 228 valence electrons. The summed E-state index contributed by atoms with van der Waals surface area (Å²) in [6.45, 7) is 0.127. The van der Waals surface area contributed by atoms with Crippen LogP contribution in [0.3, 0.4) is 0 Å². The van der Waals surface area contributed by atoms with Crippen molar-refractivity contribution in [3.05, 3.63) is 210 Å². The number of rotatable bonds is 4. The molecule has 0 saturated carbocycles. The molecule has 49 heavy (non-hydrogen) atoms. The number of nitrogens with zero attached hydrogens (tertiary/aromatic N) is 2. The van der Waals surface area contributed by atoms with Crippen LogP contribution in [0.4, 0.5) is 17.1 Å². The molecule has 0 atom stereocenters. The number of pyridine rings is 1. The predicted octanol–water partition coefficient (Wildman–Crippen LogP) is 8.90. The molecule has 8 aromatic rings. The second kappa shape index (κ2) is 10.9. The van der Waals surface area contributed by atoms with Crippen LogP contribution in [-0.2, 0) is 5.41 Å². The van der Waals surface area contributed by atoms with Gasteiger partial charge in [-0.25, -0.2) is 4.98 Å². The van der Waals surface area contributed by atoms with E-state index < -0.39 is 5.41 Å². The minimum absolute atomic E-state index is 0.127. The van der Waals surface area contributed by atoms with Gasteiger partial charge in [0.1, 0.15) is 0 Å². The van der Waals surface area contributed by atoms with Crippen LogP contribution in [0, 0.1) is 0 Å². The van der Waals surface area contributed by atoms with Crippen LogP contribution in [0.2, 0.25) is 0 Å². The third-order valence-electron chi connectivity index (χ3n) is 10.6. The average molecular weight is 623 g/mol. The minimum atomic E-state index is -0.473. The van der Waals surface area contributed by atoms with Crippen molar-refractivity contribution in [2.24, 2.45) is 0 Å². The van der Waals surface area contributed by atoms with Gasteiger partial charge in [-0.15, -0.1) is 0 Å². The Hall–Kier alpha value is -6.19. The van der Waals surface area contributed by atoms with Crippen molar-refractivity contribution in [2.75, 3.05) is 4.90 Å². The lowest BCUT2D eigenvalue weighted by molar-refractivity contribution is 0.731. The highest BCUT2D eigenvalue weighted by molar-refractivity contribution is 6.99. The minimum Gasteiger partial charge on any atom is -0.310 e. The van der Waals surface area contributed by atoms with Crippen LogP contribution in [0.1, 0.15) is 22.3 Å². The van der Waals surface area contributed by atoms with Crippen LogP contribution in [0.5, 0.6) is 0 Å². The largest absolute Gasteiger partial charge is 0.310 e. The first kappa shape index (κ1) is 27.9. The average Bonchev–Trinajstić information content (AvgIpc) is 3.50. The fourth-order valence-corrected chi connectivity index (χ4v) is 8.56. The van der Waals surface area contributed by atoms with E-state index in [1.807, 2.05) is 0 Å². The summed E-state index contributed by atoms with van der Waals surface area (Å²) in [6.07, 6.45) is 0. The summed E-state index contributed by atoms with van der Waals surface area (Å²) in [7, 11) is 0. The van der Waals surface area contributed by atoms with Gasteiger partial charge in [-0.2, -0.15) is 0 Å². The van der Waals surface area contributed by atoms with Crippen LogP contribution in [0.15, 0.2) is 188 Å². The second-order valence-electron chi connectivity index (χ2n) is 13.1. The van der Waals surface area contributed by atoms with E-state index >= 15 is 0 Å². The molecular formula is C46H31BN2. The first-order valence-corrected chi connectivity index (χ1v) is 17.0. The molecule has 0 amide bonds. The lowest BCUT2D eigenvalue weighted by Gasteiger charge is -2.46. The van der Waals surface area contributed by atoms with Crippen LogP contribution in [0.25, 0.3) is 22.2 Å². The van der Waals surface area contributed by atoms with Gasteiger partial charge in [0.15, 0.2) is 0 Å². The van der Waals surface area contributed by atoms with Crippen molar-refractivity contribution >= 4 is 51.1 Å². The summed E-state index contributed by atoms with van der Waals surface area (Å²) < 4.78 is 0.